The van der Waals surface area contributed by atoms with Gasteiger partial charge >= 0.3 is 0 Å². The first-order chi connectivity index (χ1) is 13.1. The maximum absolute atomic E-state index is 13.6. The van der Waals surface area contributed by atoms with E-state index in [4.69, 9.17) is 9.47 Å². The van der Waals surface area contributed by atoms with Crippen LogP contribution in [0, 0.1) is 5.82 Å². The number of halogens is 1. The van der Waals surface area contributed by atoms with Gasteiger partial charge in [-0.15, -0.1) is 10.2 Å². The molecule has 0 saturated carbocycles. The quantitative estimate of drug-likeness (QED) is 0.691. The molecule has 8 heteroatoms. The molecule has 2 N–H and O–H groups in total. The normalized spacial score (nSPS) is 10.2. The van der Waals surface area contributed by atoms with Crippen molar-refractivity contribution >= 4 is 23.1 Å². The first kappa shape index (κ1) is 18.1. The number of carbonyl (C=O) groups excluding carboxylic acids is 1. The molecule has 138 valence electrons. The minimum Gasteiger partial charge on any atom is -0.493 e. The van der Waals surface area contributed by atoms with Gasteiger partial charge in [0.1, 0.15) is 5.82 Å². The van der Waals surface area contributed by atoms with Crippen molar-refractivity contribution in [3.63, 3.8) is 0 Å². The second-order valence-electron chi connectivity index (χ2n) is 5.43. The Kier molecular flexibility index (Phi) is 5.46. The highest BCUT2D eigenvalue weighted by molar-refractivity contribution is 6.03. The number of benzene rings is 2. The fourth-order valence-electron chi connectivity index (χ4n) is 2.33. The topological polar surface area (TPSA) is 85.4 Å². The van der Waals surface area contributed by atoms with Gasteiger partial charge in [0.25, 0.3) is 5.91 Å². The lowest BCUT2D eigenvalue weighted by Crippen LogP contribution is -2.14. The highest BCUT2D eigenvalue weighted by Crippen LogP contribution is 2.29. The van der Waals surface area contributed by atoms with E-state index in [-0.39, 0.29) is 11.4 Å². The van der Waals surface area contributed by atoms with Gasteiger partial charge in [0.15, 0.2) is 23.0 Å². The molecule has 2 aromatic carbocycles. The zero-order chi connectivity index (χ0) is 19.2. The molecule has 0 aliphatic heterocycles. The maximum Gasteiger partial charge on any atom is 0.276 e. The number of nitrogens with one attached hydrogen (secondary N) is 2. The Hall–Kier alpha value is -3.68. The molecule has 0 atom stereocenters. The molecule has 27 heavy (non-hydrogen) atoms. The second-order valence-corrected chi connectivity index (χ2v) is 5.43. The highest BCUT2D eigenvalue weighted by atomic mass is 19.1. The van der Waals surface area contributed by atoms with Crippen molar-refractivity contribution in [3.05, 3.63) is 66.1 Å². The number of amides is 1. The molecule has 0 aliphatic rings. The molecule has 0 saturated heterocycles. The van der Waals surface area contributed by atoms with Gasteiger partial charge in [-0.25, -0.2) is 4.39 Å². The van der Waals surface area contributed by atoms with Crippen molar-refractivity contribution in [3.8, 4) is 11.5 Å². The van der Waals surface area contributed by atoms with E-state index in [1.807, 2.05) is 0 Å². The van der Waals surface area contributed by atoms with Crippen LogP contribution in [0.25, 0.3) is 0 Å². The number of anilines is 3. The summed E-state index contributed by atoms with van der Waals surface area (Å²) in [6.45, 7) is 0. The summed E-state index contributed by atoms with van der Waals surface area (Å²) in [5, 5.41) is 13.3. The average molecular weight is 368 g/mol. The van der Waals surface area contributed by atoms with Crippen LogP contribution in [0.5, 0.6) is 11.5 Å². The summed E-state index contributed by atoms with van der Waals surface area (Å²) in [6.07, 6.45) is 0. The lowest BCUT2D eigenvalue weighted by Gasteiger charge is -2.10. The van der Waals surface area contributed by atoms with Crippen molar-refractivity contribution in [2.45, 2.75) is 0 Å². The van der Waals surface area contributed by atoms with E-state index in [1.54, 1.807) is 42.5 Å². The molecule has 1 amide bonds. The number of aromatic nitrogens is 2. The van der Waals surface area contributed by atoms with Crippen molar-refractivity contribution in [2.75, 3.05) is 24.9 Å². The molecule has 7 nitrogen and oxygen atoms in total. The predicted octanol–water partition coefficient (Wildman–Crippen LogP) is 3.63. The number of nitrogens with zero attached hydrogens (tertiary/aromatic N) is 2. The number of ether oxygens (including phenoxy) is 2. The molecule has 0 bridgehead atoms. The number of hydrogen-bond donors (Lipinski definition) is 2. The lowest BCUT2D eigenvalue weighted by molar-refractivity contribution is 0.102. The summed E-state index contributed by atoms with van der Waals surface area (Å²) in [7, 11) is 3.04. The number of rotatable bonds is 6. The molecule has 1 aromatic heterocycles. The van der Waals surface area contributed by atoms with E-state index in [0.29, 0.717) is 23.0 Å². The Morgan fingerprint density at radius 2 is 1.74 bits per heavy atom. The standard InChI is InChI=1S/C19H17FN4O3/c1-26-16-9-7-12(11-17(16)27-2)21-19(25)15-8-10-18(24-23-15)22-14-6-4-3-5-13(14)20/h3-11H,1-2H3,(H,21,25)(H,22,24). The fourth-order valence-corrected chi connectivity index (χ4v) is 2.33. The van der Waals surface area contributed by atoms with Crippen LogP contribution in [0.3, 0.4) is 0 Å². The van der Waals surface area contributed by atoms with E-state index >= 15 is 0 Å². The largest absolute Gasteiger partial charge is 0.493 e. The molecule has 0 spiro atoms. The summed E-state index contributed by atoms with van der Waals surface area (Å²) >= 11 is 0. The molecular weight excluding hydrogens is 351 g/mol. The van der Waals surface area contributed by atoms with Gasteiger partial charge < -0.3 is 20.1 Å². The molecular formula is C19H17FN4O3. The molecule has 0 unspecified atom stereocenters. The summed E-state index contributed by atoms with van der Waals surface area (Å²) in [5.74, 6) is 0.522. The van der Waals surface area contributed by atoms with Crippen LogP contribution in [0.4, 0.5) is 21.6 Å². The number of hydrogen-bond acceptors (Lipinski definition) is 6. The van der Waals surface area contributed by atoms with E-state index < -0.39 is 11.7 Å². The molecule has 3 aromatic rings. The van der Waals surface area contributed by atoms with Crippen molar-refractivity contribution in [2.24, 2.45) is 0 Å². The molecule has 1 heterocycles. The average Bonchev–Trinajstić information content (AvgIpc) is 2.70. The zero-order valence-electron chi connectivity index (χ0n) is 14.7. The number of para-hydroxylation sites is 1. The van der Waals surface area contributed by atoms with Gasteiger partial charge in [-0.05, 0) is 36.4 Å². The number of carbonyl (C=O) groups is 1. The van der Waals surface area contributed by atoms with Gasteiger partial charge in [-0.3, -0.25) is 4.79 Å². The van der Waals surface area contributed by atoms with Gasteiger partial charge in [0, 0.05) is 11.8 Å². The van der Waals surface area contributed by atoms with Crippen LogP contribution in [-0.4, -0.2) is 30.3 Å². The fraction of sp³-hybridized carbons (Fsp3) is 0.105. The molecule has 0 radical (unpaired) electrons. The monoisotopic (exact) mass is 368 g/mol. The van der Waals surface area contributed by atoms with E-state index in [1.165, 1.54) is 26.4 Å². The summed E-state index contributed by atoms with van der Waals surface area (Å²) in [6, 6.07) is 14.2. The lowest BCUT2D eigenvalue weighted by atomic mass is 10.2. The third kappa shape index (κ3) is 4.30. The summed E-state index contributed by atoms with van der Waals surface area (Å²) in [5.41, 5.74) is 0.909. The summed E-state index contributed by atoms with van der Waals surface area (Å²) in [4.78, 5) is 12.3. The highest BCUT2D eigenvalue weighted by Gasteiger charge is 2.11. The van der Waals surface area contributed by atoms with Crippen molar-refractivity contribution in [1.29, 1.82) is 0 Å². The Balaban J connectivity index is 1.70. The SMILES string of the molecule is COc1ccc(NC(=O)c2ccc(Nc3ccccc3F)nn2)cc1OC. The van der Waals surface area contributed by atoms with Gasteiger partial charge in [-0.2, -0.15) is 0 Å². The van der Waals surface area contributed by atoms with Crippen molar-refractivity contribution in [1.82, 2.24) is 10.2 Å². The maximum atomic E-state index is 13.6. The first-order valence-electron chi connectivity index (χ1n) is 7.99. The van der Waals surface area contributed by atoms with Crippen LogP contribution >= 0.6 is 0 Å². The molecule has 0 aliphatic carbocycles. The smallest absolute Gasteiger partial charge is 0.276 e. The summed E-state index contributed by atoms with van der Waals surface area (Å²) < 4.78 is 24.0. The van der Waals surface area contributed by atoms with E-state index in [0.717, 1.165) is 0 Å². The zero-order valence-corrected chi connectivity index (χ0v) is 14.7. The minimum absolute atomic E-state index is 0.115. The van der Waals surface area contributed by atoms with Crippen molar-refractivity contribution < 1.29 is 18.7 Å². The third-order valence-corrected chi connectivity index (χ3v) is 3.68. The predicted molar refractivity (Wildman–Crippen MR) is 99.2 cm³/mol. The Bertz CT molecular complexity index is 948. The van der Waals surface area contributed by atoms with Crippen LogP contribution < -0.4 is 20.1 Å². The molecule has 3 rings (SSSR count). The van der Waals surface area contributed by atoms with Crippen LogP contribution in [0.2, 0.25) is 0 Å². The minimum atomic E-state index is -0.438. The van der Waals surface area contributed by atoms with Gasteiger partial charge in [-0.1, -0.05) is 12.1 Å². The van der Waals surface area contributed by atoms with Gasteiger partial charge in [0.05, 0.1) is 19.9 Å². The van der Waals surface area contributed by atoms with E-state index in [2.05, 4.69) is 20.8 Å². The van der Waals surface area contributed by atoms with Crippen LogP contribution in [0.1, 0.15) is 10.5 Å². The Morgan fingerprint density at radius 3 is 2.41 bits per heavy atom. The van der Waals surface area contributed by atoms with Crippen LogP contribution in [-0.2, 0) is 0 Å². The second kappa shape index (κ2) is 8.13. The van der Waals surface area contributed by atoms with Crippen LogP contribution in [0.15, 0.2) is 54.6 Å². The van der Waals surface area contributed by atoms with Gasteiger partial charge in [0.2, 0.25) is 0 Å². The number of methoxy groups -OCH3 is 2. The third-order valence-electron chi connectivity index (χ3n) is 3.68. The Morgan fingerprint density at radius 1 is 0.963 bits per heavy atom. The van der Waals surface area contributed by atoms with E-state index in [9.17, 15) is 9.18 Å². The Labute approximate surface area is 155 Å². The first-order valence-corrected chi connectivity index (χ1v) is 7.99. The molecule has 0 fully saturated rings.